The molecule has 2 heterocycles. The van der Waals surface area contributed by atoms with Gasteiger partial charge in [-0.1, -0.05) is 18.7 Å². The van der Waals surface area contributed by atoms with Crippen LogP contribution >= 0.6 is 11.8 Å². The quantitative estimate of drug-likeness (QED) is 0.770. The fraction of sp³-hybridized carbons (Fsp3) is 0.400. The van der Waals surface area contributed by atoms with Gasteiger partial charge in [0.25, 0.3) is 5.91 Å². The fourth-order valence-corrected chi connectivity index (χ4v) is 2.17. The Labute approximate surface area is 92.3 Å². The monoisotopic (exact) mass is 224 g/mol. The van der Waals surface area contributed by atoms with Crippen molar-refractivity contribution in [3.05, 3.63) is 24.2 Å². The second-order valence-electron chi connectivity index (χ2n) is 3.03. The SMILES string of the molecule is CCSC1=NCCN1C(=O)c1ccco1. The summed E-state index contributed by atoms with van der Waals surface area (Å²) in [6.07, 6.45) is 1.51. The van der Waals surface area contributed by atoms with E-state index in [0.717, 1.165) is 10.9 Å². The number of carbonyl (C=O) groups is 1. The minimum absolute atomic E-state index is 0.0998. The van der Waals surface area contributed by atoms with E-state index in [4.69, 9.17) is 4.42 Å². The first-order chi connectivity index (χ1) is 7.33. The van der Waals surface area contributed by atoms with Crippen LogP contribution in [-0.2, 0) is 0 Å². The Hall–Kier alpha value is -1.23. The molecule has 1 aliphatic heterocycles. The lowest BCUT2D eigenvalue weighted by Gasteiger charge is -2.15. The summed E-state index contributed by atoms with van der Waals surface area (Å²) in [5.74, 6) is 1.19. The summed E-state index contributed by atoms with van der Waals surface area (Å²) in [6, 6.07) is 3.39. The molecule has 4 nitrogen and oxygen atoms in total. The number of nitrogens with zero attached hydrogens (tertiary/aromatic N) is 2. The molecule has 1 aliphatic rings. The molecule has 0 saturated heterocycles. The number of carbonyl (C=O) groups excluding carboxylic acids is 1. The molecule has 5 heteroatoms. The Morgan fingerprint density at radius 2 is 2.60 bits per heavy atom. The number of hydrogen-bond acceptors (Lipinski definition) is 4. The molecule has 0 N–H and O–H groups in total. The number of thioether (sulfide) groups is 1. The van der Waals surface area contributed by atoms with E-state index in [1.165, 1.54) is 6.26 Å². The number of hydrogen-bond donors (Lipinski definition) is 0. The molecule has 15 heavy (non-hydrogen) atoms. The predicted octanol–water partition coefficient (Wildman–Crippen LogP) is 1.84. The van der Waals surface area contributed by atoms with Gasteiger partial charge < -0.3 is 4.42 Å². The van der Waals surface area contributed by atoms with Crippen LogP contribution in [0, 0.1) is 0 Å². The van der Waals surface area contributed by atoms with E-state index in [1.807, 2.05) is 6.92 Å². The first-order valence-corrected chi connectivity index (χ1v) is 5.84. The molecule has 0 fully saturated rings. The largest absolute Gasteiger partial charge is 0.459 e. The van der Waals surface area contributed by atoms with E-state index in [-0.39, 0.29) is 5.91 Å². The molecule has 0 radical (unpaired) electrons. The maximum absolute atomic E-state index is 11.9. The molecule has 1 aromatic rings. The van der Waals surface area contributed by atoms with E-state index in [2.05, 4.69) is 4.99 Å². The van der Waals surface area contributed by atoms with Crippen LogP contribution in [0.4, 0.5) is 0 Å². The number of amidine groups is 1. The highest BCUT2D eigenvalue weighted by molar-refractivity contribution is 8.13. The van der Waals surface area contributed by atoms with Gasteiger partial charge in [-0.3, -0.25) is 14.7 Å². The van der Waals surface area contributed by atoms with Crippen molar-refractivity contribution in [3.63, 3.8) is 0 Å². The highest BCUT2D eigenvalue weighted by atomic mass is 32.2. The van der Waals surface area contributed by atoms with Gasteiger partial charge in [-0.05, 0) is 17.9 Å². The highest BCUT2D eigenvalue weighted by Gasteiger charge is 2.26. The Balaban J connectivity index is 2.11. The van der Waals surface area contributed by atoms with Gasteiger partial charge >= 0.3 is 0 Å². The van der Waals surface area contributed by atoms with Gasteiger partial charge in [0, 0.05) is 6.54 Å². The summed E-state index contributed by atoms with van der Waals surface area (Å²) in [5, 5.41) is 0.805. The number of amides is 1. The molecular weight excluding hydrogens is 212 g/mol. The van der Waals surface area contributed by atoms with Crippen molar-refractivity contribution < 1.29 is 9.21 Å². The van der Waals surface area contributed by atoms with Crippen molar-refractivity contribution in [1.82, 2.24) is 4.90 Å². The molecule has 0 bridgehead atoms. The van der Waals surface area contributed by atoms with Crippen molar-refractivity contribution in [1.29, 1.82) is 0 Å². The zero-order valence-corrected chi connectivity index (χ0v) is 9.29. The van der Waals surface area contributed by atoms with Crippen LogP contribution in [0.3, 0.4) is 0 Å². The van der Waals surface area contributed by atoms with Gasteiger partial charge in [0.2, 0.25) is 0 Å². The molecule has 2 rings (SSSR count). The van der Waals surface area contributed by atoms with Gasteiger partial charge in [0.05, 0.1) is 12.8 Å². The van der Waals surface area contributed by atoms with Crippen molar-refractivity contribution in [3.8, 4) is 0 Å². The van der Waals surface area contributed by atoms with E-state index < -0.39 is 0 Å². The molecule has 1 amide bonds. The van der Waals surface area contributed by atoms with Crippen LogP contribution in [-0.4, -0.2) is 34.8 Å². The third-order valence-corrected chi connectivity index (χ3v) is 2.95. The maximum atomic E-state index is 11.9. The zero-order chi connectivity index (χ0) is 10.7. The van der Waals surface area contributed by atoms with Crippen LogP contribution in [0.25, 0.3) is 0 Å². The van der Waals surface area contributed by atoms with E-state index in [9.17, 15) is 4.79 Å². The van der Waals surface area contributed by atoms with Crippen molar-refractivity contribution in [2.45, 2.75) is 6.92 Å². The molecule has 1 aromatic heterocycles. The number of aliphatic imine (C=N–C) groups is 1. The Morgan fingerprint density at radius 1 is 1.73 bits per heavy atom. The second-order valence-corrected chi connectivity index (χ2v) is 4.26. The summed E-state index contributed by atoms with van der Waals surface area (Å²) in [6.45, 7) is 3.39. The molecule has 80 valence electrons. The highest BCUT2D eigenvalue weighted by Crippen LogP contribution is 2.17. The summed E-state index contributed by atoms with van der Waals surface area (Å²) >= 11 is 1.59. The lowest BCUT2D eigenvalue weighted by molar-refractivity contribution is 0.0830. The minimum atomic E-state index is -0.0998. The smallest absolute Gasteiger partial charge is 0.295 e. The molecule has 0 saturated carbocycles. The lowest BCUT2D eigenvalue weighted by atomic mass is 10.4. The van der Waals surface area contributed by atoms with Crippen LogP contribution in [0.2, 0.25) is 0 Å². The third-order valence-electron chi connectivity index (χ3n) is 2.05. The average Bonchev–Trinajstić information content (AvgIpc) is 2.87. The maximum Gasteiger partial charge on any atom is 0.295 e. The van der Waals surface area contributed by atoms with Gasteiger partial charge in [-0.25, -0.2) is 0 Å². The minimum Gasteiger partial charge on any atom is -0.459 e. The van der Waals surface area contributed by atoms with Gasteiger partial charge in [-0.2, -0.15) is 0 Å². The summed E-state index contributed by atoms with van der Waals surface area (Å²) < 4.78 is 5.08. The third kappa shape index (κ3) is 2.07. The zero-order valence-electron chi connectivity index (χ0n) is 8.47. The fourth-order valence-electron chi connectivity index (χ4n) is 1.40. The Bertz CT molecular complexity index is 373. The molecular formula is C10H12N2O2S. The summed E-state index contributed by atoms with van der Waals surface area (Å²) in [4.78, 5) is 17.9. The topological polar surface area (TPSA) is 45.8 Å². The van der Waals surface area contributed by atoms with Crippen LogP contribution < -0.4 is 0 Å². The molecule has 0 aliphatic carbocycles. The second kappa shape index (κ2) is 4.53. The van der Waals surface area contributed by atoms with Crippen LogP contribution in [0.1, 0.15) is 17.5 Å². The van der Waals surface area contributed by atoms with E-state index in [1.54, 1.807) is 28.8 Å². The van der Waals surface area contributed by atoms with Gasteiger partial charge in [0.15, 0.2) is 10.9 Å². The molecule has 0 aromatic carbocycles. The van der Waals surface area contributed by atoms with Crippen molar-refractivity contribution in [2.24, 2.45) is 4.99 Å². The predicted molar refractivity (Wildman–Crippen MR) is 60.2 cm³/mol. The average molecular weight is 224 g/mol. The number of rotatable bonds is 2. The molecule has 0 atom stereocenters. The Morgan fingerprint density at radius 3 is 3.27 bits per heavy atom. The van der Waals surface area contributed by atoms with Gasteiger partial charge in [-0.15, -0.1) is 0 Å². The standard InChI is InChI=1S/C10H12N2O2S/c1-2-15-10-11-5-6-12(10)9(13)8-4-3-7-14-8/h3-4,7H,2,5-6H2,1H3. The molecule has 0 spiro atoms. The van der Waals surface area contributed by atoms with E-state index in [0.29, 0.717) is 18.8 Å². The number of furan rings is 1. The first kappa shape index (κ1) is 10.3. The summed E-state index contributed by atoms with van der Waals surface area (Å²) in [5.41, 5.74) is 0. The van der Waals surface area contributed by atoms with Crippen LogP contribution in [0.5, 0.6) is 0 Å². The first-order valence-electron chi connectivity index (χ1n) is 4.85. The normalized spacial score (nSPS) is 15.5. The van der Waals surface area contributed by atoms with Crippen molar-refractivity contribution in [2.75, 3.05) is 18.8 Å². The summed E-state index contributed by atoms with van der Waals surface area (Å²) in [7, 11) is 0. The van der Waals surface area contributed by atoms with Crippen LogP contribution in [0.15, 0.2) is 27.8 Å². The van der Waals surface area contributed by atoms with Crippen molar-refractivity contribution >= 4 is 22.8 Å². The van der Waals surface area contributed by atoms with E-state index >= 15 is 0 Å². The molecule has 0 unspecified atom stereocenters. The Kier molecular flexibility index (Phi) is 3.11. The van der Waals surface area contributed by atoms with Gasteiger partial charge in [0.1, 0.15) is 0 Å². The lowest BCUT2D eigenvalue weighted by Crippen LogP contribution is -2.32.